The first-order chi connectivity index (χ1) is 12.9. The van der Waals surface area contributed by atoms with E-state index < -0.39 is 0 Å². The highest BCUT2D eigenvalue weighted by Crippen LogP contribution is 2.34. The van der Waals surface area contributed by atoms with E-state index in [1.165, 1.54) is 18.5 Å². The van der Waals surface area contributed by atoms with Gasteiger partial charge in [-0.2, -0.15) is 0 Å². The van der Waals surface area contributed by atoms with E-state index in [0.717, 1.165) is 53.7 Å². The second-order valence-corrected chi connectivity index (χ2v) is 8.19. The van der Waals surface area contributed by atoms with Crippen molar-refractivity contribution in [2.75, 3.05) is 25.0 Å². The van der Waals surface area contributed by atoms with E-state index in [2.05, 4.69) is 29.8 Å². The van der Waals surface area contributed by atoms with E-state index in [0.29, 0.717) is 10.0 Å². The van der Waals surface area contributed by atoms with Crippen molar-refractivity contribution in [2.45, 2.75) is 40.0 Å². The molecule has 1 aromatic heterocycles. The fourth-order valence-corrected chi connectivity index (χ4v) is 4.00. The zero-order valence-electron chi connectivity index (χ0n) is 16.5. The quantitative estimate of drug-likeness (QED) is 0.522. The minimum absolute atomic E-state index is 0.593. The second-order valence-electron chi connectivity index (χ2n) is 7.34. The van der Waals surface area contributed by atoms with Crippen LogP contribution in [0, 0.1) is 19.8 Å². The van der Waals surface area contributed by atoms with Gasteiger partial charge in [-0.05, 0) is 63.3 Å². The molecule has 0 bridgehead atoms. The van der Waals surface area contributed by atoms with Crippen molar-refractivity contribution in [1.29, 1.82) is 0 Å². The number of rotatable bonds is 7. The summed E-state index contributed by atoms with van der Waals surface area (Å²) in [5.41, 5.74) is 5.98. The molecule has 3 rings (SSSR count). The van der Waals surface area contributed by atoms with Crippen molar-refractivity contribution in [2.24, 2.45) is 10.9 Å². The molecule has 1 aliphatic carbocycles. The normalized spacial score (nSPS) is 14.5. The summed E-state index contributed by atoms with van der Waals surface area (Å²) in [5.74, 6) is 0.831. The lowest BCUT2D eigenvalue weighted by molar-refractivity contribution is 0.705. The van der Waals surface area contributed by atoms with Gasteiger partial charge in [0, 0.05) is 47.7 Å². The van der Waals surface area contributed by atoms with Crippen LogP contribution >= 0.6 is 23.2 Å². The van der Waals surface area contributed by atoms with E-state index >= 15 is 0 Å². The largest absolute Gasteiger partial charge is 0.371 e. The molecule has 0 saturated heterocycles. The average molecular weight is 404 g/mol. The maximum absolute atomic E-state index is 6.47. The highest BCUT2D eigenvalue weighted by Gasteiger charge is 2.26. The molecule has 2 aromatic rings. The Balaban J connectivity index is 2.07. The lowest BCUT2D eigenvalue weighted by atomic mass is 10.0. The summed E-state index contributed by atoms with van der Waals surface area (Å²) >= 11 is 12.5. The van der Waals surface area contributed by atoms with Crippen molar-refractivity contribution in [3.8, 4) is 0 Å². The highest BCUT2D eigenvalue weighted by molar-refractivity contribution is 6.37. The third kappa shape index (κ3) is 4.64. The summed E-state index contributed by atoms with van der Waals surface area (Å²) in [5, 5.41) is 1.21. The standard InChI is InChI=1S/C22H27Cl2N3/c1-5-10-27(13-16-6-7-16)20-11-14(2)26-21(15(20)3)22(25-4)18-9-8-17(23)12-19(18)24/h8-9,11-12,16H,5-7,10,13H2,1-4H3. The summed E-state index contributed by atoms with van der Waals surface area (Å²) in [6, 6.07) is 7.72. The SMILES string of the molecule is CCCN(CC1CC1)c1cc(C)nc(C(=NC)c2ccc(Cl)cc2Cl)c1C. The number of aromatic nitrogens is 1. The molecule has 1 aromatic carbocycles. The zero-order valence-corrected chi connectivity index (χ0v) is 18.0. The maximum Gasteiger partial charge on any atom is 0.0941 e. The number of nitrogens with zero attached hydrogens (tertiary/aromatic N) is 3. The topological polar surface area (TPSA) is 28.5 Å². The van der Waals surface area contributed by atoms with Crippen LogP contribution in [-0.2, 0) is 0 Å². The smallest absolute Gasteiger partial charge is 0.0941 e. The van der Waals surface area contributed by atoms with Crippen LogP contribution in [-0.4, -0.2) is 30.8 Å². The molecule has 0 unspecified atom stereocenters. The molecule has 0 N–H and O–H groups in total. The Kier molecular flexibility index (Phi) is 6.44. The lowest BCUT2D eigenvalue weighted by Gasteiger charge is -2.27. The predicted molar refractivity (Wildman–Crippen MR) is 117 cm³/mol. The monoisotopic (exact) mass is 403 g/mol. The first-order valence-electron chi connectivity index (χ1n) is 9.60. The van der Waals surface area contributed by atoms with Gasteiger partial charge in [-0.3, -0.25) is 9.98 Å². The van der Waals surface area contributed by atoms with E-state index in [1.54, 1.807) is 13.1 Å². The van der Waals surface area contributed by atoms with Crippen LogP contribution in [0.4, 0.5) is 5.69 Å². The van der Waals surface area contributed by atoms with E-state index in [9.17, 15) is 0 Å². The van der Waals surface area contributed by atoms with Crippen molar-refractivity contribution in [3.63, 3.8) is 0 Å². The number of halogens is 2. The molecule has 1 heterocycles. The molecule has 0 radical (unpaired) electrons. The second kappa shape index (κ2) is 8.62. The first-order valence-corrected chi connectivity index (χ1v) is 10.4. The van der Waals surface area contributed by atoms with Gasteiger partial charge < -0.3 is 4.90 Å². The van der Waals surface area contributed by atoms with Crippen LogP contribution in [0.1, 0.15) is 48.7 Å². The van der Waals surface area contributed by atoms with Crippen molar-refractivity contribution in [1.82, 2.24) is 4.98 Å². The molecule has 0 spiro atoms. The maximum atomic E-state index is 6.47. The first kappa shape index (κ1) is 20.2. The van der Waals surface area contributed by atoms with Crippen LogP contribution in [0.2, 0.25) is 10.0 Å². The van der Waals surface area contributed by atoms with Crippen LogP contribution < -0.4 is 4.90 Å². The van der Waals surface area contributed by atoms with Crippen LogP contribution in [0.15, 0.2) is 29.3 Å². The molecule has 0 aliphatic heterocycles. The number of aryl methyl sites for hydroxylation is 1. The van der Waals surface area contributed by atoms with Gasteiger partial charge >= 0.3 is 0 Å². The molecule has 0 amide bonds. The minimum Gasteiger partial charge on any atom is -0.371 e. The summed E-state index contributed by atoms with van der Waals surface area (Å²) in [7, 11) is 1.79. The summed E-state index contributed by atoms with van der Waals surface area (Å²) in [4.78, 5) is 11.9. The third-order valence-electron chi connectivity index (χ3n) is 5.02. The Morgan fingerprint density at radius 3 is 2.56 bits per heavy atom. The highest BCUT2D eigenvalue weighted by atomic mass is 35.5. The number of hydrogen-bond acceptors (Lipinski definition) is 3. The fourth-order valence-electron chi connectivity index (χ4n) is 3.51. The Labute approximate surface area is 172 Å². The lowest BCUT2D eigenvalue weighted by Crippen LogP contribution is -2.28. The Morgan fingerprint density at radius 2 is 1.96 bits per heavy atom. The third-order valence-corrected chi connectivity index (χ3v) is 5.56. The number of anilines is 1. The van der Waals surface area contributed by atoms with Gasteiger partial charge in [0.2, 0.25) is 0 Å². The van der Waals surface area contributed by atoms with E-state index in [4.69, 9.17) is 28.2 Å². The average Bonchev–Trinajstić information content (AvgIpc) is 3.43. The molecule has 1 fully saturated rings. The molecular weight excluding hydrogens is 377 g/mol. The predicted octanol–water partition coefficient (Wildman–Crippen LogP) is 6.10. The summed E-state index contributed by atoms with van der Waals surface area (Å²) in [6.45, 7) is 8.60. The van der Waals surface area contributed by atoms with Crippen LogP contribution in [0.25, 0.3) is 0 Å². The van der Waals surface area contributed by atoms with Gasteiger partial charge in [-0.15, -0.1) is 0 Å². The van der Waals surface area contributed by atoms with Crippen LogP contribution in [0.3, 0.4) is 0 Å². The molecular formula is C22H27Cl2N3. The Morgan fingerprint density at radius 1 is 1.22 bits per heavy atom. The van der Waals surface area contributed by atoms with Gasteiger partial charge in [0.25, 0.3) is 0 Å². The van der Waals surface area contributed by atoms with Crippen molar-refractivity contribution < 1.29 is 0 Å². The molecule has 1 saturated carbocycles. The zero-order chi connectivity index (χ0) is 19.6. The van der Waals surface area contributed by atoms with Crippen LogP contribution in [0.5, 0.6) is 0 Å². The number of pyridine rings is 1. The Bertz CT molecular complexity index is 857. The molecule has 5 heteroatoms. The van der Waals surface area contributed by atoms with Gasteiger partial charge in [-0.25, -0.2) is 0 Å². The fraction of sp³-hybridized carbons (Fsp3) is 0.455. The molecule has 27 heavy (non-hydrogen) atoms. The van der Waals surface area contributed by atoms with Gasteiger partial charge in [0.15, 0.2) is 0 Å². The molecule has 144 valence electrons. The van der Waals surface area contributed by atoms with Gasteiger partial charge in [-0.1, -0.05) is 30.1 Å². The summed E-state index contributed by atoms with van der Waals surface area (Å²) < 4.78 is 0. The molecule has 3 nitrogen and oxygen atoms in total. The number of benzene rings is 1. The minimum atomic E-state index is 0.593. The number of hydrogen-bond donors (Lipinski definition) is 0. The molecule has 0 atom stereocenters. The van der Waals surface area contributed by atoms with E-state index in [-0.39, 0.29) is 0 Å². The van der Waals surface area contributed by atoms with Crippen molar-refractivity contribution in [3.05, 3.63) is 56.8 Å². The molecule has 1 aliphatic rings. The van der Waals surface area contributed by atoms with Gasteiger partial charge in [0.05, 0.1) is 16.4 Å². The summed E-state index contributed by atoms with van der Waals surface area (Å²) in [6.07, 6.45) is 3.82. The Hall–Kier alpha value is -1.58. The van der Waals surface area contributed by atoms with Crippen molar-refractivity contribution >= 4 is 34.6 Å². The van der Waals surface area contributed by atoms with E-state index in [1.807, 2.05) is 19.1 Å². The van der Waals surface area contributed by atoms with Gasteiger partial charge in [0.1, 0.15) is 0 Å². The number of aliphatic imine (C=N–C) groups is 1.